The first-order chi connectivity index (χ1) is 16.2. The van der Waals surface area contributed by atoms with E-state index in [-0.39, 0.29) is 5.91 Å². The van der Waals surface area contributed by atoms with Crippen LogP contribution in [0.25, 0.3) is 17.3 Å². The first-order valence-electron chi connectivity index (χ1n) is 10.2. The molecule has 0 spiro atoms. The van der Waals surface area contributed by atoms with Gasteiger partial charge in [0.15, 0.2) is 5.17 Å². The highest BCUT2D eigenvalue weighted by molar-refractivity contribution is 8.19. The Bertz CT molecular complexity index is 1350. The van der Waals surface area contributed by atoms with Gasteiger partial charge in [0.25, 0.3) is 5.91 Å². The van der Waals surface area contributed by atoms with E-state index < -0.39 is 0 Å². The summed E-state index contributed by atoms with van der Waals surface area (Å²) in [4.78, 5) is 25.1. The number of amidine groups is 1. The Morgan fingerprint density at radius 1 is 0.939 bits per heavy atom. The van der Waals surface area contributed by atoms with Crippen LogP contribution in [0.15, 0.2) is 100 Å². The van der Waals surface area contributed by atoms with Crippen LogP contribution in [0.5, 0.6) is 5.75 Å². The van der Waals surface area contributed by atoms with Crippen LogP contribution in [0.2, 0.25) is 0 Å². The smallest absolute Gasteiger partial charge is 0.271 e. The molecule has 0 atom stereocenters. The molecule has 33 heavy (non-hydrogen) atoms. The predicted molar refractivity (Wildman–Crippen MR) is 137 cm³/mol. The zero-order valence-electron chi connectivity index (χ0n) is 17.7. The highest BCUT2D eigenvalue weighted by Crippen LogP contribution is 2.39. The second kappa shape index (κ2) is 9.44. The Kier molecular flexibility index (Phi) is 6.06. The summed E-state index contributed by atoms with van der Waals surface area (Å²) in [5.74, 6) is 0.582. The summed E-state index contributed by atoms with van der Waals surface area (Å²) < 4.78 is 5.45. The minimum absolute atomic E-state index is 0.129. The lowest BCUT2D eigenvalue weighted by molar-refractivity contribution is -0.113. The number of aromatic nitrogens is 1. The zero-order valence-corrected chi connectivity index (χ0v) is 19.3. The van der Waals surface area contributed by atoms with Crippen LogP contribution in [0.3, 0.4) is 0 Å². The van der Waals surface area contributed by atoms with Gasteiger partial charge in [-0.1, -0.05) is 66.7 Å². The molecule has 0 bridgehead atoms. The van der Waals surface area contributed by atoms with Gasteiger partial charge in [0.05, 0.1) is 23.4 Å². The fraction of sp³-hybridized carbons (Fsp3) is 0.0385. The number of aliphatic imine (C=N–C) groups is 1. The van der Waals surface area contributed by atoms with Gasteiger partial charge in [0.1, 0.15) is 5.75 Å². The minimum Gasteiger partial charge on any atom is -0.496 e. The van der Waals surface area contributed by atoms with Crippen molar-refractivity contribution >= 4 is 51.1 Å². The summed E-state index contributed by atoms with van der Waals surface area (Å²) in [5.41, 5.74) is 3.50. The monoisotopic (exact) mass is 469 g/mol. The van der Waals surface area contributed by atoms with Crippen LogP contribution in [0.4, 0.5) is 10.8 Å². The highest BCUT2D eigenvalue weighted by Gasteiger charge is 2.35. The Morgan fingerprint density at radius 2 is 1.64 bits per heavy atom. The largest absolute Gasteiger partial charge is 0.496 e. The molecule has 0 unspecified atom stereocenters. The summed E-state index contributed by atoms with van der Waals surface area (Å²) in [5, 5.41) is 3.15. The van der Waals surface area contributed by atoms with E-state index in [1.807, 2.05) is 96.4 Å². The molecular weight excluding hydrogens is 450 g/mol. The molecule has 162 valence electrons. The van der Waals surface area contributed by atoms with Crippen molar-refractivity contribution in [2.45, 2.75) is 0 Å². The third-order valence-electron chi connectivity index (χ3n) is 5.00. The van der Waals surface area contributed by atoms with E-state index in [9.17, 15) is 4.79 Å². The normalized spacial score (nSPS) is 16.0. The van der Waals surface area contributed by atoms with Gasteiger partial charge in [-0.05, 0) is 36.0 Å². The van der Waals surface area contributed by atoms with Crippen molar-refractivity contribution < 1.29 is 9.53 Å². The number of hydrogen-bond acceptors (Lipinski definition) is 6. The number of methoxy groups -OCH3 is 1. The molecule has 3 aromatic carbocycles. The average molecular weight is 470 g/mol. The standard InChI is InChI=1S/C26H19N3O2S2/c1-31-22-15-9-8-12-19(22)16-23-24(30)29(20-13-6-3-7-14-20)26(33-23)28-25-27-21(17-32-25)18-10-4-2-5-11-18/h2-17H,1H3/b23-16-,28-26+. The van der Waals surface area contributed by atoms with E-state index in [0.717, 1.165) is 22.5 Å². The Labute approximate surface area is 200 Å². The number of carbonyl (C=O) groups is 1. The zero-order chi connectivity index (χ0) is 22.6. The molecule has 1 saturated heterocycles. The molecule has 1 aromatic heterocycles. The molecule has 1 aliphatic rings. The van der Waals surface area contributed by atoms with Crippen LogP contribution in [0, 0.1) is 0 Å². The molecule has 1 amide bonds. The van der Waals surface area contributed by atoms with Gasteiger partial charge in [0, 0.05) is 16.5 Å². The third kappa shape index (κ3) is 4.46. The maximum Gasteiger partial charge on any atom is 0.271 e. The SMILES string of the molecule is COc1ccccc1/C=C1\S/C(=N/c2nc(-c3ccccc3)cs2)N(c2ccccc2)C1=O. The van der Waals surface area contributed by atoms with Crippen molar-refractivity contribution in [2.75, 3.05) is 12.0 Å². The van der Waals surface area contributed by atoms with Crippen molar-refractivity contribution in [3.63, 3.8) is 0 Å². The molecular formula is C26H19N3O2S2. The number of ether oxygens (including phenoxy) is 1. The summed E-state index contributed by atoms with van der Waals surface area (Å²) >= 11 is 2.79. The van der Waals surface area contributed by atoms with Crippen LogP contribution in [-0.2, 0) is 4.79 Å². The molecule has 5 rings (SSSR count). The number of benzene rings is 3. The van der Waals surface area contributed by atoms with E-state index in [2.05, 4.69) is 4.98 Å². The van der Waals surface area contributed by atoms with E-state index in [1.165, 1.54) is 23.1 Å². The maximum atomic E-state index is 13.4. The second-order valence-electron chi connectivity index (χ2n) is 7.10. The van der Waals surface area contributed by atoms with E-state index >= 15 is 0 Å². The number of rotatable bonds is 5. The van der Waals surface area contributed by atoms with Gasteiger partial charge < -0.3 is 4.74 Å². The van der Waals surface area contributed by atoms with Gasteiger partial charge in [-0.25, -0.2) is 4.98 Å². The van der Waals surface area contributed by atoms with Gasteiger partial charge in [-0.2, -0.15) is 4.99 Å². The third-order valence-corrected chi connectivity index (χ3v) is 6.70. The molecule has 0 aliphatic carbocycles. The first kappa shape index (κ1) is 21.2. The van der Waals surface area contributed by atoms with Crippen LogP contribution < -0.4 is 9.64 Å². The van der Waals surface area contributed by atoms with Crippen molar-refractivity contribution in [1.29, 1.82) is 0 Å². The number of thiazole rings is 1. The molecule has 0 N–H and O–H groups in total. The van der Waals surface area contributed by atoms with Crippen molar-refractivity contribution in [3.05, 3.63) is 101 Å². The molecule has 5 nitrogen and oxygen atoms in total. The summed E-state index contributed by atoms with van der Waals surface area (Å²) in [7, 11) is 1.62. The van der Waals surface area contributed by atoms with Gasteiger partial charge in [-0.3, -0.25) is 9.69 Å². The molecule has 1 fully saturated rings. The molecule has 4 aromatic rings. The van der Waals surface area contributed by atoms with Crippen LogP contribution >= 0.6 is 23.1 Å². The van der Waals surface area contributed by atoms with Crippen molar-refractivity contribution in [2.24, 2.45) is 4.99 Å². The Balaban J connectivity index is 1.54. The number of para-hydroxylation sites is 2. The summed E-state index contributed by atoms with van der Waals surface area (Å²) in [6, 6.07) is 27.1. The van der Waals surface area contributed by atoms with Crippen molar-refractivity contribution in [1.82, 2.24) is 4.98 Å². The molecule has 1 aliphatic heterocycles. The summed E-state index contributed by atoms with van der Waals surface area (Å²) in [6.07, 6.45) is 1.85. The average Bonchev–Trinajstić information content (AvgIpc) is 3.45. The Hall–Kier alpha value is -3.68. The number of carbonyl (C=O) groups excluding carboxylic acids is 1. The molecule has 2 heterocycles. The highest BCUT2D eigenvalue weighted by atomic mass is 32.2. The number of hydrogen-bond donors (Lipinski definition) is 0. The van der Waals surface area contributed by atoms with Crippen molar-refractivity contribution in [3.8, 4) is 17.0 Å². The second-order valence-corrected chi connectivity index (χ2v) is 8.95. The fourth-order valence-corrected chi connectivity index (χ4v) is 5.15. The van der Waals surface area contributed by atoms with E-state index in [4.69, 9.17) is 9.73 Å². The predicted octanol–water partition coefficient (Wildman–Crippen LogP) is 6.63. The molecule has 0 saturated carbocycles. The number of amides is 1. The topological polar surface area (TPSA) is 54.8 Å². The lowest BCUT2D eigenvalue weighted by Gasteiger charge is -2.14. The number of thioether (sulfide) groups is 1. The van der Waals surface area contributed by atoms with Gasteiger partial charge >= 0.3 is 0 Å². The van der Waals surface area contributed by atoms with E-state index in [1.54, 1.807) is 12.0 Å². The molecule has 7 heteroatoms. The van der Waals surface area contributed by atoms with Gasteiger partial charge in [0.2, 0.25) is 5.13 Å². The van der Waals surface area contributed by atoms with Crippen LogP contribution in [-0.4, -0.2) is 23.2 Å². The number of anilines is 1. The number of nitrogens with zero attached hydrogens (tertiary/aromatic N) is 3. The fourth-order valence-electron chi connectivity index (χ4n) is 3.42. The summed E-state index contributed by atoms with van der Waals surface area (Å²) in [6.45, 7) is 0. The quantitative estimate of drug-likeness (QED) is 0.308. The maximum absolute atomic E-state index is 13.4. The van der Waals surface area contributed by atoms with Gasteiger partial charge in [-0.15, -0.1) is 11.3 Å². The first-order valence-corrected chi connectivity index (χ1v) is 11.9. The lowest BCUT2D eigenvalue weighted by Crippen LogP contribution is -2.28. The minimum atomic E-state index is -0.129. The Morgan fingerprint density at radius 3 is 2.39 bits per heavy atom. The van der Waals surface area contributed by atoms with E-state index in [0.29, 0.717) is 21.0 Å². The lowest BCUT2D eigenvalue weighted by atomic mass is 10.2. The molecule has 0 radical (unpaired) electrons. The van der Waals surface area contributed by atoms with Crippen LogP contribution in [0.1, 0.15) is 5.56 Å².